The molecule has 3 rings (SSSR count). The summed E-state index contributed by atoms with van der Waals surface area (Å²) in [6, 6.07) is 16.4. The number of rotatable bonds is 13. The lowest BCUT2D eigenvalue weighted by Gasteiger charge is -2.22. The van der Waals surface area contributed by atoms with Crippen LogP contribution in [0.3, 0.4) is 0 Å². The van der Waals surface area contributed by atoms with Crippen LogP contribution in [0.4, 0.5) is 10.5 Å². The summed E-state index contributed by atoms with van der Waals surface area (Å²) in [5, 5.41) is 14.1. The smallest absolute Gasteiger partial charge is 0.405 e. The monoisotopic (exact) mass is 534 g/mol. The topological polar surface area (TPSA) is 142 Å². The molecule has 0 bridgehead atoms. The van der Waals surface area contributed by atoms with E-state index in [1.54, 1.807) is 12.1 Å². The Bertz CT molecular complexity index is 1260. The van der Waals surface area contributed by atoms with Gasteiger partial charge in [-0.05, 0) is 49.8 Å². The lowest BCUT2D eigenvalue weighted by molar-refractivity contribution is -0.124. The zero-order valence-corrected chi connectivity index (χ0v) is 22.3. The second kappa shape index (κ2) is 13.9. The van der Waals surface area contributed by atoms with Gasteiger partial charge in [-0.25, -0.2) is 9.78 Å². The van der Waals surface area contributed by atoms with Gasteiger partial charge in [0.1, 0.15) is 12.3 Å². The van der Waals surface area contributed by atoms with Gasteiger partial charge in [-0.2, -0.15) is 0 Å². The number of nitrogens with one attached hydrogen (secondary N) is 2. The fourth-order valence-electron chi connectivity index (χ4n) is 4.17. The molecule has 0 aliphatic rings. The van der Waals surface area contributed by atoms with Crippen LogP contribution in [0, 0.1) is 5.92 Å². The van der Waals surface area contributed by atoms with E-state index in [1.165, 1.54) is 4.90 Å². The molecule has 0 saturated heterocycles. The Morgan fingerprint density at radius 1 is 0.949 bits per heavy atom. The Morgan fingerprint density at radius 3 is 2.18 bits per heavy atom. The fourth-order valence-corrected chi connectivity index (χ4v) is 4.17. The van der Waals surface area contributed by atoms with Crippen molar-refractivity contribution in [3.63, 3.8) is 0 Å². The van der Waals surface area contributed by atoms with E-state index >= 15 is 0 Å². The van der Waals surface area contributed by atoms with Gasteiger partial charge in [0.15, 0.2) is 5.69 Å². The zero-order chi connectivity index (χ0) is 28.4. The molecule has 3 N–H and O–H groups in total. The molecule has 0 aliphatic heterocycles. The Hall–Kier alpha value is -4.47. The minimum atomic E-state index is -1.34. The summed E-state index contributed by atoms with van der Waals surface area (Å²) < 4.78 is 5.41. The van der Waals surface area contributed by atoms with Crippen LogP contribution in [-0.4, -0.2) is 52.4 Å². The third-order valence-corrected chi connectivity index (χ3v) is 6.08. The maximum absolute atomic E-state index is 13.5. The van der Waals surface area contributed by atoms with Gasteiger partial charge in [-0.15, -0.1) is 0 Å². The van der Waals surface area contributed by atoms with Gasteiger partial charge in [0.2, 0.25) is 11.7 Å². The van der Waals surface area contributed by atoms with Gasteiger partial charge in [-0.3, -0.25) is 14.4 Å². The molecular weight excluding hydrogens is 500 g/mol. The number of nitrogens with zero attached hydrogens (tertiary/aromatic N) is 2. The van der Waals surface area contributed by atoms with Crippen LogP contribution in [0.25, 0.3) is 0 Å². The number of ketones is 1. The SMILES string of the molecule is CCN(C(=O)c1coc(C(=O)C(CCc2ccccc2)NC(=O)C(CC(C)C)NC(=O)O)n1)c1ccccc1. The fraction of sp³-hybridized carbons (Fsp3) is 0.345. The number of anilines is 1. The highest BCUT2D eigenvalue weighted by molar-refractivity contribution is 6.06. The van der Waals surface area contributed by atoms with Crippen molar-refractivity contribution in [2.45, 2.75) is 52.1 Å². The number of oxazole rings is 1. The van der Waals surface area contributed by atoms with E-state index in [2.05, 4.69) is 15.6 Å². The molecule has 1 heterocycles. The Kier molecular flexibility index (Phi) is 10.4. The van der Waals surface area contributed by atoms with Gasteiger partial charge in [0.05, 0.1) is 6.04 Å². The molecule has 0 saturated carbocycles. The number of para-hydroxylation sites is 1. The first-order valence-electron chi connectivity index (χ1n) is 12.9. The third-order valence-electron chi connectivity index (χ3n) is 6.08. The van der Waals surface area contributed by atoms with Gasteiger partial charge >= 0.3 is 6.09 Å². The van der Waals surface area contributed by atoms with Crippen molar-refractivity contribution < 1.29 is 28.7 Å². The number of hydrogen-bond acceptors (Lipinski definition) is 6. The van der Waals surface area contributed by atoms with Crippen molar-refractivity contribution >= 4 is 29.4 Å². The molecule has 3 aromatic rings. The van der Waals surface area contributed by atoms with Crippen molar-refractivity contribution in [2.75, 3.05) is 11.4 Å². The number of hydrogen-bond donors (Lipinski definition) is 3. The van der Waals surface area contributed by atoms with Crippen LogP contribution in [0.1, 0.15) is 60.4 Å². The van der Waals surface area contributed by atoms with E-state index in [1.807, 2.05) is 69.3 Å². The van der Waals surface area contributed by atoms with E-state index in [0.29, 0.717) is 18.7 Å². The van der Waals surface area contributed by atoms with E-state index in [4.69, 9.17) is 4.42 Å². The summed E-state index contributed by atoms with van der Waals surface area (Å²) >= 11 is 0. The number of amides is 3. The number of benzene rings is 2. The number of aryl methyl sites for hydroxylation is 1. The lowest BCUT2D eigenvalue weighted by Crippen LogP contribution is -2.52. The molecule has 0 radical (unpaired) electrons. The molecule has 3 amide bonds. The second-order valence-electron chi connectivity index (χ2n) is 9.50. The second-order valence-corrected chi connectivity index (χ2v) is 9.50. The maximum atomic E-state index is 13.5. The quantitative estimate of drug-likeness (QED) is 0.277. The van der Waals surface area contributed by atoms with E-state index in [9.17, 15) is 24.3 Å². The molecule has 39 heavy (non-hydrogen) atoms. The van der Waals surface area contributed by atoms with Crippen molar-refractivity contribution in [3.05, 3.63) is 84.1 Å². The molecule has 0 spiro atoms. The normalized spacial score (nSPS) is 12.4. The first-order chi connectivity index (χ1) is 18.7. The van der Waals surface area contributed by atoms with Crippen molar-refractivity contribution in [1.29, 1.82) is 0 Å². The van der Waals surface area contributed by atoms with Gasteiger partial charge in [0.25, 0.3) is 11.8 Å². The van der Waals surface area contributed by atoms with Crippen LogP contribution >= 0.6 is 0 Å². The summed E-state index contributed by atoms with van der Waals surface area (Å²) in [5.41, 5.74) is 1.59. The Morgan fingerprint density at radius 2 is 1.59 bits per heavy atom. The minimum absolute atomic E-state index is 0.0255. The molecule has 1 aromatic heterocycles. The van der Waals surface area contributed by atoms with Crippen molar-refractivity contribution in [2.24, 2.45) is 5.92 Å². The summed E-state index contributed by atoms with van der Waals surface area (Å²) in [6.45, 7) is 5.93. The van der Waals surface area contributed by atoms with Crippen LogP contribution in [0.15, 0.2) is 71.3 Å². The Balaban J connectivity index is 1.82. The summed E-state index contributed by atoms with van der Waals surface area (Å²) in [5.74, 6) is -1.95. The molecular formula is C29H34N4O6. The van der Waals surface area contributed by atoms with Crippen LogP contribution < -0.4 is 15.5 Å². The van der Waals surface area contributed by atoms with Gasteiger partial charge in [-0.1, -0.05) is 62.4 Å². The van der Waals surface area contributed by atoms with Crippen LogP contribution in [0.5, 0.6) is 0 Å². The summed E-state index contributed by atoms with van der Waals surface area (Å²) in [6.07, 6.45) is 0.722. The molecule has 2 aromatic carbocycles. The summed E-state index contributed by atoms with van der Waals surface area (Å²) in [4.78, 5) is 56.6. The van der Waals surface area contributed by atoms with E-state index in [-0.39, 0.29) is 30.3 Å². The molecule has 206 valence electrons. The lowest BCUT2D eigenvalue weighted by atomic mass is 9.99. The number of carbonyl (C=O) groups is 4. The number of carboxylic acid groups (broad SMARTS) is 1. The van der Waals surface area contributed by atoms with Crippen LogP contribution in [0.2, 0.25) is 0 Å². The van der Waals surface area contributed by atoms with Gasteiger partial charge < -0.3 is 25.1 Å². The predicted octanol–water partition coefficient (Wildman–Crippen LogP) is 4.32. The van der Waals surface area contributed by atoms with E-state index in [0.717, 1.165) is 11.8 Å². The average Bonchev–Trinajstić information content (AvgIpc) is 3.42. The van der Waals surface area contributed by atoms with Crippen LogP contribution in [-0.2, 0) is 11.2 Å². The number of aromatic nitrogens is 1. The predicted molar refractivity (Wildman–Crippen MR) is 146 cm³/mol. The number of carbonyl (C=O) groups excluding carboxylic acids is 3. The highest BCUT2D eigenvalue weighted by atomic mass is 16.4. The highest BCUT2D eigenvalue weighted by Gasteiger charge is 2.31. The van der Waals surface area contributed by atoms with Gasteiger partial charge in [0, 0.05) is 12.2 Å². The molecule has 0 aliphatic carbocycles. The number of Topliss-reactive ketones (excluding diaryl/α,β-unsaturated/α-hetero) is 1. The zero-order valence-electron chi connectivity index (χ0n) is 22.3. The first kappa shape index (κ1) is 29.1. The third kappa shape index (κ3) is 8.26. The maximum Gasteiger partial charge on any atom is 0.405 e. The van der Waals surface area contributed by atoms with Crippen molar-refractivity contribution in [3.8, 4) is 0 Å². The minimum Gasteiger partial charge on any atom is -0.465 e. The average molecular weight is 535 g/mol. The first-order valence-corrected chi connectivity index (χ1v) is 12.9. The highest BCUT2D eigenvalue weighted by Crippen LogP contribution is 2.18. The molecule has 2 atom stereocenters. The molecule has 10 nitrogen and oxygen atoms in total. The standard InChI is InChI=1S/C29H34N4O6/c1-4-33(21-13-9-6-10-14-21)28(36)24-18-39-27(31-24)25(34)22(16-15-20-11-7-5-8-12-20)30-26(35)23(17-19(2)3)32-29(37)38/h5-14,18-19,22-23,32H,4,15-17H2,1-3H3,(H,30,35)(H,37,38). The molecule has 10 heteroatoms. The Labute approximate surface area is 227 Å². The van der Waals surface area contributed by atoms with Crippen molar-refractivity contribution in [1.82, 2.24) is 15.6 Å². The summed E-state index contributed by atoms with van der Waals surface area (Å²) in [7, 11) is 0. The molecule has 0 fully saturated rings. The van der Waals surface area contributed by atoms with E-state index < -0.39 is 35.8 Å². The largest absolute Gasteiger partial charge is 0.465 e. The molecule has 2 unspecified atom stereocenters.